The molecule has 0 amide bonds. The molecule has 0 atom stereocenters. The Bertz CT molecular complexity index is 507. The summed E-state index contributed by atoms with van der Waals surface area (Å²) >= 11 is 0. The van der Waals surface area contributed by atoms with Crippen molar-refractivity contribution in [2.24, 2.45) is 0 Å². The van der Waals surface area contributed by atoms with Gasteiger partial charge in [-0.3, -0.25) is 0 Å². The summed E-state index contributed by atoms with van der Waals surface area (Å²) in [6.07, 6.45) is 6.17. The quantitative estimate of drug-likeness (QED) is 0.720. The summed E-state index contributed by atoms with van der Waals surface area (Å²) in [6, 6.07) is 10.5. The van der Waals surface area contributed by atoms with Gasteiger partial charge >= 0.3 is 0 Å². The molecule has 0 bridgehead atoms. The monoisotopic (exact) mass is 286 g/mol. The third kappa shape index (κ3) is 4.90. The predicted molar refractivity (Wildman–Crippen MR) is 88.6 cm³/mol. The second-order valence-electron chi connectivity index (χ2n) is 5.37. The van der Waals surface area contributed by atoms with E-state index in [9.17, 15) is 0 Å². The van der Waals surface area contributed by atoms with Crippen molar-refractivity contribution in [3.8, 4) is 0 Å². The minimum absolute atomic E-state index is 0.905. The number of imidazole rings is 1. The number of para-hydroxylation sites is 1. The second kappa shape index (κ2) is 8.47. The van der Waals surface area contributed by atoms with Crippen LogP contribution in [0.3, 0.4) is 0 Å². The number of nitrogens with zero attached hydrogens (tertiary/aromatic N) is 3. The van der Waals surface area contributed by atoms with Crippen molar-refractivity contribution < 1.29 is 0 Å². The Hall–Kier alpha value is -1.81. The summed E-state index contributed by atoms with van der Waals surface area (Å²) in [5.41, 5.74) is 2.54. The summed E-state index contributed by atoms with van der Waals surface area (Å²) in [4.78, 5) is 6.56. The van der Waals surface area contributed by atoms with Crippen molar-refractivity contribution in [3.05, 3.63) is 48.5 Å². The first-order chi connectivity index (χ1) is 10.3. The topological polar surface area (TPSA) is 33.1 Å². The number of aromatic nitrogens is 2. The van der Waals surface area contributed by atoms with E-state index in [2.05, 4.69) is 64.1 Å². The van der Waals surface area contributed by atoms with Crippen molar-refractivity contribution in [3.63, 3.8) is 0 Å². The molecule has 2 aromatic rings. The van der Waals surface area contributed by atoms with E-state index in [1.54, 1.807) is 0 Å². The van der Waals surface area contributed by atoms with Crippen molar-refractivity contribution in [1.82, 2.24) is 14.9 Å². The Morgan fingerprint density at radius 3 is 2.81 bits per heavy atom. The maximum atomic E-state index is 4.27. The normalized spacial score (nSPS) is 10.8. The molecule has 1 aromatic carbocycles. The van der Waals surface area contributed by atoms with Gasteiger partial charge in [-0.1, -0.05) is 25.1 Å². The fourth-order valence-electron chi connectivity index (χ4n) is 2.38. The van der Waals surface area contributed by atoms with Gasteiger partial charge in [-0.05, 0) is 31.5 Å². The second-order valence-corrected chi connectivity index (χ2v) is 5.37. The van der Waals surface area contributed by atoms with Crippen molar-refractivity contribution in [2.45, 2.75) is 32.9 Å². The number of nitrogens with one attached hydrogen (secondary N) is 1. The van der Waals surface area contributed by atoms with E-state index < -0.39 is 0 Å². The van der Waals surface area contributed by atoms with E-state index in [1.165, 1.54) is 11.4 Å². The minimum atomic E-state index is 0.905. The van der Waals surface area contributed by atoms with Crippen LogP contribution >= 0.6 is 0 Å². The first-order valence-electron chi connectivity index (χ1n) is 7.77. The highest BCUT2D eigenvalue weighted by molar-refractivity contribution is 5.44. The average Bonchev–Trinajstić information content (AvgIpc) is 2.96. The van der Waals surface area contributed by atoms with Crippen LogP contribution in [0.15, 0.2) is 42.9 Å². The number of aryl methyl sites for hydroxylation is 1. The fraction of sp³-hybridized carbons (Fsp3) is 0.471. The zero-order chi connectivity index (χ0) is 14.9. The van der Waals surface area contributed by atoms with E-state index in [0.717, 1.165) is 39.0 Å². The van der Waals surface area contributed by atoms with Gasteiger partial charge in [0.15, 0.2) is 0 Å². The first-order valence-corrected chi connectivity index (χ1v) is 7.77. The van der Waals surface area contributed by atoms with Crippen LogP contribution in [0.4, 0.5) is 5.69 Å². The molecule has 0 fully saturated rings. The van der Waals surface area contributed by atoms with E-state index in [-0.39, 0.29) is 0 Å². The zero-order valence-electron chi connectivity index (χ0n) is 13.1. The Kier molecular flexibility index (Phi) is 6.28. The van der Waals surface area contributed by atoms with Crippen molar-refractivity contribution in [2.75, 3.05) is 25.0 Å². The molecule has 4 nitrogen and oxygen atoms in total. The van der Waals surface area contributed by atoms with E-state index in [1.807, 2.05) is 12.5 Å². The Balaban J connectivity index is 1.77. The van der Waals surface area contributed by atoms with E-state index in [4.69, 9.17) is 0 Å². The summed E-state index contributed by atoms with van der Waals surface area (Å²) in [6.45, 7) is 6.21. The standard InChI is InChI=1S/C17H26N4/c1-3-10-18-13-17-14-19-15-21(17)12-7-11-20(2)16-8-5-4-6-9-16/h4-6,8-9,14-15,18H,3,7,10-13H2,1-2H3. The van der Waals surface area contributed by atoms with Gasteiger partial charge in [0.2, 0.25) is 0 Å². The smallest absolute Gasteiger partial charge is 0.0948 e. The molecule has 0 radical (unpaired) electrons. The highest BCUT2D eigenvalue weighted by atomic mass is 15.1. The molecule has 114 valence electrons. The first kappa shape index (κ1) is 15.6. The van der Waals surface area contributed by atoms with Gasteiger partial charge < -0.3 is 14.8 Å². The number of hydrogen-bond donors (Lipinski definition) is 1. The number of benzene rings is 1. The molecule has 4 heteroatoms. The van der Waals surface area contributed by atoms with Crippen molar-refractivity contribution in [1.29, 1.82) is 0 Å². The lowest BCUT2D eigenvalue weighted by atomic mass is 10.3. The number of rotatable bonds is 9. The van der Waals surface area contributed by atoms with Gasteiger partial charge in [-0.2, -0.15) is 0 Å². The van der Waals surface area contributed by atoms with Crippen LogP contribution in [0.1, 0.15) is 25.5 Å². The lowest BCUT2D eigenvalue weighted by Crippen LogP contribution is -2.21. The molecule has 1 aromatic heterocycles. The maximum Gasteiger partial charge on any atom is 0.0948 e. The number of hydrogen-bond acceptors (Lipinski definition) is 3. The number of anilines is 1. The van der Waals surface area contributed by atoms with E-state index in [0.29, 0.717) is 0 Å². The fourth-order valence-corrected chi connectivity index (χ4v) is 2.38. The molecule has 2 rings (SSSR count). The molecule has 0 saturated heterocycles. The Morgan fingerprint density at radius 2 is 2.05 bits per heavy atom. The van der Waals surface area contributed by atoms with Crippen LogP contribution in [-0.4, -0.2) is 29.7 Å². The lowest BCUT2D eigenvalue weighted by molar-refractivity contribution is 0.583. The van der Waals surface area contributed by atoms with Gasteiger partial charge in [0, 0.05) is 38.6 Å². The Morgan fingerprint density at radius 1 is 1.24 bits per heavy atom. The molecule has 21 heavy (non-hydrogen) atoms. The molecular formula is C17H26N4. The Labute approximate surface area is 127 Å². The molecule has 0 spiro atoms. The molecule has 0 aliphatic carbocycles. The van der Waals surface area contributed by atoms with Gasteiger partial charge in [0.1, 0.15) is 0 Å². The third-order valence-electron chi connectivity index (χ3n) is 3.62. The maximum absolute atomic E-state index is 4.27. The van der Waals surface area contributed by atoms with Gasteiger partial charge in [-0.25, -0.2) is 4.98 Å². The van der Waals surface area contributed by atoms with E-state index >= 15 is 0 Å². The van der Waals surface area contributed by atoms with Crippen LogP contribution in [-0.2, 0) is 13.1 Å². The molecule has 0 saturated carbocycles. The SMILES string of the molecule is CCCNCc1cncn1CCCN(C)c1ccccc1. The van der Waals surface area contributed by atoms with Crippen LogP contribution in [0.5, 0.6) is 0 Å². The third-order valence-corrected chi connectivity index (χ3v) is 3.62. The molecule has 0 aliphatic rings. The van der Waals surface area contributed by atoms with Gasteiger partial charge in [0.05, 0.1) is 12.0 Å². The van der Waals surface area contributed by atoms with Gasteiger partial charge in [-0.15, -0.1) is 0 Å². The van der Waals surface area contributed by atoms with Crippen LogP contribution in [0.2, 0.25) is 0 Å². The van der Waals surface area contributed by atoms with Gasteiger partial charge in [0.25, 0.3) is 0 Å². The molecular weight excluding hydrogens is 260 g/mol. The highest BCUT2D eigenvalue weighted by Gasteiger charge is 2.03. The molecule has 1 N–H and O–H groups in total. The zero-order valence-corrected chi connectivity index (χ0v) is 13.1. The van der Waals surface area contributed by atoms with Crippen molar-refractivity contribution >= 4 is 5.69 Å². The highest BCUT2D eigenvalue weighted by Crippen LogP contribution is 2.11. The largest absolute Gasteiger partial charge is 0.375 e. The summed E-state index contributed by atoms with van der Waals surface area (Å²) in [5, 5.41) is 3.43. The van der Waals surface area contributed by atoms with Crippen LogP contribution < -0.4 is 10.2 Å². The minimum Gasteiger partial charge on any atom is -0.375 e. The summed E-state index contributed by atoms with van der Waals surface area (Å²) in [5.74, 6) is 0. The molecule has 0 unspecified atom stereocenters. The van der Waals surface area contributed by atoms with Crippen LogP contribution in [0, 0.1) is 0 Å². The predicted octanol–water partition coefficient (Wildman–Crippen LogP) is 2.91. The summed E-state index contributed by atoms with van der Waals surface area (Å²) < 4.78 is 2.25. The molecule has 0 aliphatic heterocycles. The lowest BCUT2D eigenvalue weighted by Gasteiger charge is -2.19. The molecule has 1 heterocycles. The van der Waals surface area contributed by atoms with Crippen LogP contribution in [0.25, 0.3) is 0 Å². The average molecular weight is 286 g/mol. The summed E-state index contributed by atoms with van der Waals surface area (Å²) in [7, 11) is 2.15.